The zero-order chi connectivity index (χ0) is 21.6. The number of aromatic nitrogens is 3. The molecular formula is C21H27FN8S. The summed E-state index contributed by atoms with van der Waals surface area (Å²) in [5, 5.41) is 13.7. The van der Waals surface area contributed by atoms with Crippen LogP contribution < -0.4 is 10.2 Å². The van der Waals surface area contributed by atoms with E-state index in [1.165, 1.54) is 11.5 Å². The fourth-order valence-electron chi connectivity index (χ4n) is 5.14. The largest absolute Gasteiger partial charge is 0.352 e. The Balaban J connectivity index is 1.30. The maximum atomic E-state index is 13.9. The number of nitriles is 1. The molecule has 0 aromatic carbocycles. The third kappa shape index (κ3) is 3.86. The van der Waals surface area contributed by atoms with Crippen LogP contribution in [0, 0.1) is 25.2 Å². The molecule has 0 aliphatic carbocycles. The Labute approximate surface area is 185 Å². The van der Waals surface area contributed by atoms with E-state index in [-0.39, 0.29) is 11.6 Å². The van der Waals surface area contributed by atoms with Crippen LogP contribution in [0.3, 0.4) is 0 Å². The molecule has 31 heavy (non-hydrogen) atoms. The van der Waals surface area contributed by atoms with E-state index in [0.29, 0.717) is 25.3 Å². The Bertz CT molecular complexity index is 998. The van der Waals surface area contributed by atoms with Crippen LogP contribution in [0.1, 0.15) is 24.1 Å². The van der Waals surface area contributed by atoms with Gasteiger partial charge in [0.15, 0.2) is 0 Å². The molecule has 0 saturated carbocycles. The molecule has 5 heterocycles. The minimum atomic E-state index is -0.716. The molecule has 0 amide bonds. The van der Waals surface area contributed by atoms with Gasteiger partial charge in [0.2, 0.25) is 5.95 Å². The fraction of sp³-hybridized carbons (Fsp3) is 0.619. The zero-order valence-corrected chi connectivity index (χ0v) is 18.7. The number of aryl methyl sites for hydroxylation is 2. The van der Waals surface area contributed by atoms with Crippen LogP contribution in [-0.2, 0) is 0 Å². The number of rotatable bonds is 5. The highest BCUT2D eigenvalue weighted by atomic mass is 32.1. The van der Waals surface area contributed by atoms with Crippen molar-refractivity contribution in [2.75, 3.05) is 49.5 Å². The molecule has 3 aliphatic heterocycles. The number of hydrogen-bond donors (Lipinski definition) is 1. The molecule has 0 unspecified atom stereocenters. The molecule has 2 aromatic rings. The van der Waals surface area contributed by atoms with Gasteiger partial charge in [-0.15, -0.1) is 0 Å². The summed E-state index contributed by atoms with van der Waals surface area (Å²) in [6.07, 6.45) is 2.21. The quantitative estimate of drug-likeness (QED) is 0.756. The van der Waals surface area contributed by atoms with Crippen LogP contribution in [0.2, 0.25) is 0 Å². The normalized spacial score (nSPS) is 25.7. The minimum Gasteiger partial charge on any atom is -0.352 e. The summed E-state index contributed by atoms with van der Waals surface area (Å²) in [6.45, 7) is 8.65. The van der Waals surface area contributed by atoms with Gasteiger partial charge >= 0.3 is 0 Å². The van der Waals surface area contributed by atoms with Crippen LogP contribution in [-0.4, -0.2) is 81.2 Å². The van der Waals surface area contributed by atoms with E-state index in [2.05, 4.69) is 35.4 Å². The molecule has 3 saturated heterocycles. The van der Waals surface area contributed by atoms with Gasteiger partial charge in [-0.2, -0.15) is 14.6 Å². The smallest absolute Gasteiger partial charge is 0.229 e. The highest BCUT2D eigenvalue weighted by Gasteiger charge is 2.51. The zero-order valence-electron chi connectivity index (χ0n) is 17.9. The van der Waals surface area contributed by atoms with Crippen molar-refractivity contribution >= 4 is 28.3 Å². The third-order valence-corrected chi connectivity index (χ3v) is 7.52. The molecule has 1 N–H and O–H groups in total. The summed E-state index contributed by atoms with van der Waals surface area (Å²) in [4.78, 5) is 16.1. The van der Waals surface area contributed by atoms with E-state index in [0.717, 1.165) is 54.8 Å². The second-order valence-electron chi connectivity index (χ2n) is 9.00. The van der Waals surface area contributed by atoms with E-state index in [1.807, 2.05) is 26.1 Å². The molecule has 10 heteroatoms. The maximum Gasteiger partial charge on any atom is 0.229 e. The summed E-state index contributed by atoms with van der Waals surface area (Å²) >= 11 is 1.39. The molecule has 0 bridgehead atoms. The molecule has 3 fully saturated rings. The van der Waals surface area contributed by atoms with Gasteiger partial charge in [-0.05, 0) is 37.9 Å². The highest BCUT2D eigenvalue weighted by molar-refractivity contribution is 7.10. The molecule has 0 spiro atoms. The molecule has 164 valence electrons. The molecule has 5 rings (SSSR count). The van der Waals surface area contributed by atoms with Crippen LogP contribution in [0.4, 0.5) is 21.2 Å². The van der Waals surface area contributed by atoms with Crippen LogP contribution in [0.5, 0.6) is 0 Å². The predicted octanol–water partition coefficient (Wildman–Crippen LogP) is 2.49. The van der Waals surface area contributed by atoms with Crippen LogP contribution in [0.15, 0.2) is 12.3 Å². The standard InChI is InChI=1S/C21H27FN8S/c1-14-9-24-20(25-18-7-15(2)27-31-18)26-19(14)29-12-21(13-29,3-4-23)30-6-5-28-10-16(22)8-17(28)11-30/h7,9,16-17H,3,5-6,8,10-13H2,1-2H3,(H,24,25,26)/t16-,17-/m1/s1. The van der Waals surface area contributed by atoms with E-state index in [4.69, 9.17) is 4.98 Å². The number of nitrogens with one attached hydrogen (secondary N) is 1. The van der Waals surface area contributed by atoms with Crippen molar-refractivity contribution in [3.05, 3.63) is 23.5 Å². The Morgan fingerprint density at radius 1 is 1.32 bits per heavy atom. The summed E-state index contributed by atoms with van der Waals surface area (Å²) in [6, 6.07) is 4.65. The van der Waals surface area contributed by atoms with Crippen molar-refractivity contribution in [2.24, 2.45) is 0 Å². The first kappa shape index (κ1) is 20.5. The van der Waals surface area contributed by atoms with Crippen LogP contribution >= 0.6 is 11.5 Å². The number of fused-ring (bicyclic) bond motifs is 1. The lowest BCUT2D eigenvalue weighted by atomic mass is 9.83. The number of halogens is 1. The topological polar surface area (TPSA) is 84.2 Å². The van der Waals surface area contributed by atoms with Crippen molar-refractivity contribution in [2.45, 2.75) is 44.4 Å². The Morgan fingerprint density at radius 3 is 2.90 bits per heavy atom. The van der Waals surface area contributed by atoms with Gasteiger partial charge in [-0.1, -0.05) is 0 Å². The predicted molar refractivity (Wildman–Crippen MR) is 119 cm³/mol. The maximum absolute atomic E-state index is 13.9. The molecule has 2 atom stereocenters. The van der Waals surface area contributed by atoms with Gasteiger partial charge in [0.05, 0.1) is 23.7 Å². The van der Waals surface area contributed by atoms with Gasteiger partial charge < -0.3 is 10.2 Å². The number of nitrogens with zero attached hydrogens (tertiary/aromatic N) is 7. The molecule has 3 aliphatic rings. The lowest BCUT2D eigenvalue weighted by Gasteiger charge is -2.58. The Morgan fingerprint density at radius 2 is 2.16 bits per heavy atom. The van der Waals surface area contributed by atoms with Gasteiger partial charge in [0, 0.05) is 57.1 Å². The highest BCUT2D eigenvalue weighted by Crippen LogP contribution is 2.38. The summed E-state index contributed by atoms with van der Waals surface area (Å²) < 4.78 is 18.2. The van der Waals surface area contributed by atoms with Crippen molar-refractivity contribution in [1.82, 2.24) is 24.1 Å². The first-order valence-electron chi connectivity index (χ1n) is 10.7. The number of anilines is 3. The average Bonchev–Trinajstić information content (AvgIpc) is 3.29. The van der Waals surface area contributed by atoms with Gasteiger partial charge in [-0.3, -0.25) is 9.80 Å². The van der Waals surface area contributed by atoms with E-state index in [9.17, 15) is 9.65 Å². The monoisotopic (exact) mass is 442 g/mol. The molecule has 0 radical (unpaired) electrons. The molecule has 2 aromatic heterocycles. The number of hydrogen-bond acceptors (Lipinski definition) is 9. The van der Waals surface area contributed by atoms with Crippen LogP contribution in [0.25, 0.3) is 0 Å². The van der Waals surface area contributed by atoms with Gasteiger partial charge in [0.25, 0.3) is 0 Å². The van der Waals surface area contributed by atoms with E-state index >= 15 is 0 Å². The summed E-state index contributed by atoms with van der Waals surface area (Å²) in [5.74, 6) is 1.45. The van der Waals surface area contributed by atoms with Crippen molar-refractivity contribution < 1.29 is 4.39 Å². The van der Waals surface area contributed by atoms with Crippen molar-refractivity contribution in [1.29, 1.82) is 5.26 Å². The first-order chi connectivity index (χ1) is 15.0. The van der Waals surface area contributed by atoms with Gasteiger partial charge in [0.1, 0.15) is 17.0 Å². The van der Waals surface area contributed by atoms with Crippen molar-refractivity contribution in [3.63, 3.8) is 0 Å². The average molecular weight is 443 g/mol. The second-order valence-corrected chi connectivity index (χ2v) is 9.81. The molecular weight excluding hydrogens is 415 g/mol. The minimum absolute atomic E-state index is 0.186. The fourth-order valence-corrected chi connectivity index (χ4v) is 5.80. The van der Waals surface area contributed by atoms with Gasteiger partial charge in [-0.25, -0.2) is 9.37 Å². The first-order valence-corrected chi connectivity index (χ1v) is 11.5. The number of piperazine rings is 1. The lowest BCUT2D eigenvalue weighted by Crippen LogP contribution is -2.73. The summed E-state index contributed by atoms with van der Waals surface area (Å²) in [5.41, 5.74) is 1.79. The Kier molecular flexibility index (Phi) is 5.28. The van der Waals surface area contributed by atoms with E-state index in [1.54, 1.807) is 0 Å². The second kappa shape index (κ2) is 7.97. The molecule has 8 nitrogen and oxygen atoms in total. The van der Waals surface area contributed by atoms with E-state index < -0.39 is 6.17 Å². The Hall–Kier alpha value is -2.35. The summed E-state index contributed by atoms with van der Waals surface area (Å²) in [7, 11) is 0. The third-order valence-electron chi connectivity index (χ3n) is 6.72. The van der Waals surface area contributed by atoms with Crippen molar-refractivity contribution in [3.8, 4) is 6.07 Å². The SMILES string of the molecule is Cc1cc(Nc2ncc(C)c(N3CC(CC#N)(N4CCN5C[C@H](F)C[C@@H]5C4)C3)n2)sn1. The number of alkyl halides is 1. The lowest BCUT2D eigenvalue weighted by molar-refractivity contribution is -0.000627.